The van der Waals surface area contributed by atoms with E-state index in [1.165, 1.54) is 0 Å². The lowest BCUT2D eigenvalue weighted by atomic mass is 10.0. The van der Waals surface area contributed by atoms with Crippen molar-refractivity contribution in [2.45, 2.75) is 42.9 Å². The van der Waals surface area contributed by atoms with E-state index in [4.69, 9.17) is 4.74 Å². The molecule has 0 bridgehead atoms. The van der Waals surface area contributed by atoms with Gasteiger partial charge in [0.2, 0.25) is 10.0 Å². The van der Waals surface area contributed by atoms with Crippen LogP contribution >= 0.6 is 0 Å². The van der Waals surface area contributed by atoms with Crippen molar-refractivity contribution < 1.29 is 17.9 Å². The highest BCUT2D eigenvalue weighted by Gasteiger charge is 2.55. The zero-order valence-electron chi connectivity index (χ0n) is 11.2. The van der Waals surface area contributed by atoms with Crippen molar-refractivity contribution in [1.82, 2.24) is 4.72 Å². The molecule has 1 aliphatic carbocycles. The van der Waals surface area contributed by atoms with Crippen molar-refractivity contribution in [3.63, 3.8) is 0 Å². The van der Waals surface area contributed by atoms with Gasteiger partial charge in [-0.3, -0.25) is 0 Å². The molecule has 6 heteroatoms. The number of benzene rings is 1. The van der Waals surface area contributed by atoms with Crippen LogP contribution in [0.2, 0.25) is 0 Å². The lowest BCUT2D eigenvalue weighted by Crippen LogP contribution is -2.39. The fourth-order valence-corrected chi connectivity index (χ4v) is 4.21. The number of rotatable bonds is 5. The molecule has 5 nitrogen and oxygen atoms in total. The van der Waals surface area contributed by atoms with Crippen molar-refractivity contribution >= 4 is 16.3 Å². The molecular weight excluding hydrogens is 278 g/mol. The molecule has 2 aliphatic rings. The second-order valence-electron chi connectivity index (χ2n) is 5.48. The highest BCUT2D eigenvalue weighted by Crippen LogP contribution is 2.44. The molecule has 1 saturated heterocycles. The number of hydrogen-bond donors (Lipinski definition) is 1. The molecule has 0 radical (unpaired) electrons. The zero-order valence-corrected chi connectivity index (χ0v) is 12.0. The van der Waals surface area contributed by atoms with Crippen molar-refractivity contribution in [3.05, 3.63) is 29.8 Å². The Balaban J connectivity index is 1.76. The van der Waals surface area contributed by atoms with Crippen LogP contribution in [-0.2, 0) is 19.6 Å². The number of sulfonamides is 1. The summed E-state index contributed by atoms with van der Waals surface area (Å²) in [5, 5.41) is 0. The SMILES string of the molecule is Cc1ccc(S(=O)(=O)N[C@H]2C[C@@H]3O[C@@H]3[C@@H]2CC=O)cc1. The maximum Gasteiger partial charge on any atom is 0.240 e. The second-order valence-corrected chi connectivity index (χ2v) is 7.20. The van der Waals surface area contributed by atoms with Gasteiger partial charge in [-0.05, 0) is 25.5 Å². The van der Waals surface area contributed by atoms with Crippen molar-refractivity contribution in [2.24, 2.45) is 5.92 Å². The second kappa shape index (κ2) is 4.95. The monoisotopic (exact) mass is 295 g/mol. The zero-order chi connectivity index (χ0) is 14.3. The molecule has 3 rings (SSSR count). The van der Waals surface area contributed by atoms with E-state index in [2.05, 4.69) is 4.72 Å². The molecular formula is C14H17NO4S. The Kier molecular flexibility index (Phi) is 3.40. The first-order valence-electron chi connectivity index (χ1n) is 6.69. The van der Waals surface area contributed by atoms with Gasteiger partial charge in [-0.1, -0.05) is 17.7 Å². The number of hydrogen-bond acceptors (Lipinski definition) is 4. The van der Waals surface area contributed by atoms with Crippen LogP contribution in [0.4, 0.5) is 0 Å². The summed E-state index contributed by atoms with van der Waals surface area (Å²) in [4.78, 5) is 11.0. The minimum atomic E-state index is -3.54. The first-order valence-corrected chi connectivity index (χ1v) is 8.17. The Labute approximate surface area is 118 Å². The van der Waals surface area contributed by atoms with E-state index in [0.717, 1.165) is 11.8 Å². The van der Waals surface area contributed by atoms with Gasteiger partial charge < -0.3 is 9.53 Å². The van der Waals surface area contributed by atoms with E-state index < -0.39 is 10.0 Å². The summed E-state index contributed by atoms with van der Waals surface area (Å²) in [6, 6.07) is 6.52. The van der Waals surface area contributed by atoms with Crippen molar-refractivity contribution in [3.8, 4) is 0 Å². The number of fused-ring (bicyclic) bond motifs is 1. The minimum absolute atomic E-state index is 0.0438. The quantitative estimate of drug-likeness (QED) is 0.650. The van der Waals surface area contributed by atoms with Gasteiger partial charge in [-0.25, -0.2) is 13.1 Å². The van der Waals surface area contributed by atoms with Gasteiger partial charge in [0.25, 0.3) is 0 Å². The predicted octanol–water partition coefficient (Wildman–Crippen LogP) is 1.02. The number of carbonyl (C=O) groups is 1. The standard InChI is InChI=1S/C14H17NO4S/c1-9-2-4-10(5-3-9)20(17,18)15-12-8-13-14(19-13)11(12)6-7-16/h2-5,7,11-15H,6,8H2,1H3/t11-,12+,13+,14-/m1/s1. The number of carbonyl (C=O) groups excluding carboxylic acids is 1. The molecule has 1 aromatic rings. The molecule has 0 aromatic heterocycles. The number of aldehydes is 1. The fraction of sp³-hybridized carbons (Fsp3) is 0.500. The molecule has 1 aliphatic heterocycles. The Morgan fingerprint density at radius 2 is 2.05 bits per heavy atom. The van der Waals surface area contributed by atoms with E-state index in [9.17, 15) is 13.2 Å². The van der Waals surface area contributed by atoms with Crippen molar-refractivity contribution in [2.75, 3.05) is 0 Å². The average molecular weight is 295 g/mol. The van der Waals surface area contributed by atoms with Crippen LogP contribution < -0.4 is 4.72 Å². The van der Waals surface area contributed by atoms with Gasteiger partial charge in [-0.15, -0.1) is 0 Å². The van der Waals surface area contributed by atoms with Gasteiger partial charge in [0.15, 0.2) is 0 Å². The third kappa shape index (κ3) is 2.51. The number of nitrogens with one attached hydrogen (secondary N) is 1. The lowest BCUT2D eigenvalue weighted by molar-refractivity contribution is -0.109. The molecule has 0 amide bonds. The molecule has 1 N–H and O–H groups in total. The van der Waals surface area contributed by atoms with Gasteiger partial charge in [0.1, 0.15) is 6.29 Å². The molecule has 0 unspecified atom stereocenters. The summed E-state index contributed by atoms with van der Waals surface area (Å²) in [7, 11) is -3.54. The predicted molar refractivity (Wildman–Crippen MR) is 72.7 cm³/mol. The molecule has 1 aromatic carbocycles. The maximum absolute atomic E-state index is 12.3. The molecule has 2 fully saturated rings. The van der Waals surface area contributed by atoms with Gasteiger partial charge >= 0.3 is 0 Å². The van der Waals surface area contributed by atoms with E-state index in [-0.39, 0.29) is 29.1 Å². The van der Waals surface area contributed by atoms with Crippen LogP contribution in [0.3, 0.4) is 0 Å². The summed E-state index contributed by atoms with van der Waals surface area (Å²) in [5.74, 6) is -0.0438. The Hall–Kier alpha value is -1.24. The smallest absolute Gasteiger partial charge is 0.240 e. The van der Waals surface area contributed by atoms with E-state index in [1.54, 1.807) is 24.3 Å². The number of aryl methyl sites for hydroxylation is 1. The summed E-state index contributed by atoms with van der Waals surface area (Å²) in [5.41, 5.74) is 1.01. The largest absolute Gasteiger partial charge is 0.369 e. The highest BCUT2D eigenvalue weighted by molar-refractivity contribution is 7.89. The van der Waals surface area contributed by atoms with Crippen LogP contribution in [0.25, 0.3) is 0 Å². The summed E-state index contributed by atoms with van der Waals surface area (Å²) in [6.07, 6.45) is 1.98. The van der Waals surface area contributed by atoms with Crippen LogP contribution in [0.15, 0.2) is 29.2 Å². The molecule has 20 heavy (non-hydrogen) atoms. The molecule has 108 valence electrons. The van der Waals surface area contributed by atoms with Crippen LogP contribution in [-0.4, -0.2) is 33.0 Å². The first-order chi connectivity index (χ1) is 9.51. The molecule has 4 atom stereocenters. The van der Waals surface area contributed by atoms with Crippen molar-refractivity contribution in [1.29, 1.82) is 0 Å². The lowest BCUT2D eigenvalue weighted by Gasteiger charge is -2.21. The first kappa shape index (κ1) is 13.7. The summed E-state index contributed by atoms with van der Waals surface area (Å²) < 4.78 is 32.8. The highest BCUT2D eigenvalue weighted by atomic mass is 32.2. The third-order valence-electron chi connectivity index (χ3n) is 4.05. The van der Waals surface area contributed by atoms with Gasteiger partial charge in [0.05, 0.1) is 17.1 Å². The normalized spacial score (nSPS) is 31.9. The van der Waals surface area contributed by atoms with Gasteiger partial charge in [-0.2, -0.15) is 0 Å². The number of ether oxygens (including phenoxy) is 1. The average Bonchev–Trinajstić information content (AvgIpc) is 3.07. The Morgan fingerprint density at radius 1 is 1.35 bits per heavy atom. The number of epoxide rings is 1. The summed E-state index contributed by atoms with van der Waals surface area (Å²) >= 11 is 0. The maximum atomic E-state index is 12.3. The fourth-order valence-electron chi connectivity index (χ4n) is 2.91. The topological polar surface area (TPSA) is 75.8 Å². The Morgan fingerprint density at radius 3 is 2.70 bits per heavy atom. The van der Waals surface area contributed by atoms with E-state index in [0.29, 0.717) is 12.8 Å². The molecule has 1 saturated carbocycles. The van der Waals surface area contributed by atoms with E-state index in [1.807, 2.05) is 6.92 Å². The molecule has 0 spiro atoms. The van der Waals surface area contributed by atoms with Crippen LogP contribution in [0, 0.1) is 12.8 Å². The van der Waals surface area contributed by atoms with E-state index >= 15 is 0 Å². The molecule has 1 heterocycles. The van der Waals surface area contributed by atoms with Crippen LogP contribution in [0.1, 0.15) is 18.4 Å². The Bertz CT molecular complexity index is 611. The minimum Gasteiger partial charge on any atom is -0.369 e. The van der Waals surface area contributed by atoms with Gasteiger partial charge in [0, 0.05) is 18.4 Å². The van der Waals surface area contributed by atoms with Crippen LogP contribution in [0.5, 0.6) is 0 Å². The third-order valence-corrected chi connectivity index (χ3v) is 5.56. The summed E-state index contributed by atoms with van der Waals surface area (Å²) in [6.45, 7) is 1.91.